The van der Waals surface area contributed by atoms with Crippen molar-refractivity contribution in [3.8, 4) is 5.69 Å². The molecule has 0 fully saturated rings. The minimum absolute atomic E-state index is 0.125. The second kappa shape index (κ2) is 11.1. The molecule has 4 aromatic rings. The number of benzene rings is 1. The van der Waals surface area contributed by atoms with Crippen molar-refractivity contribution in [1.29, 1.82) is 0 Å². The number of anilines is 5. The number of hydrogen-bond acceptors (Lipinski definition) is 9. The van der Waals surface area contributed by atoms with Gasteiger partial charge in [-0.25, -0.2) is 9.97 Å². The summed E-state index contributed by atoms with van der Waals surface area (Å²) < 4.78 is 1.46. The van der Waals surface area contributed by atoms with Crippen LogP contribution in [-0.4, -0.2) is 30.6 Å². The fourth-order valence-electron chi connectivity index (χ4n) is 2.55. The number of nitrogens with one attached hydrogen (secondary N) is 3. The summed E-state index contributed by atoms with van der Waals surface area (Å²) in [5, 5.41) is 10.8. The van der Waals surface area contributed by atoms with E-state index in [1.54, 1.807) is 60.9 Å². The molecule has 13 heteroatoms. The van der Waals surface area contributed by atoms with E-state index in [-0.39, 0.29) is 11.9 Å². The van der Waals surface area contributed by atoms with Crippen LogP contribution in [-0.2, 0) is 4.79 Å². The minimum Gasteiger partial charge on any atom is -0.368 e. The standard InChI is InChI=1S/C15H14ClN7O.C5H6ClN3/c1-9(24)19-10-2-4-11(5-3-10)20-15-21-14(17)23(22-15)12-6-7-18-13(16)8-12;6-5-3-4(9-7)1-2-8-5/h2-8H,1H3,(H,19,24)(H3,17,20,21,22);1-3H,7H2,(H,8,9). The number of nitrogens with two attached hydrogens (primary N) is 2. The first-order valence-corrected chi connectivity index (χ1v) is 10.2. The number of aromatic nitrogens is 5. The number of amides is 1. The SMILES string of the molecule is CC(=O)Nc1ccc(Nc2nc(N)n(-c3ccnc(Cl)c3)n2)cc1.NNc1ccnc(Cl)c1. The lowest BCUT2D eigenvalue weighted by Crippen LogP contribution is -2.06. The highest BCUT2D eigenvalue weighted by molar-refractivity contribution is 6.29. The average Bonchev–Trinajstić information content (AvgIpc) is 3.15. The van der Waals surface area contributed by atoms with Gasteiger partial charge in [0.25, 0.3) is 0 Å². The first-order chi connectivity index (χ1) is 15.8. The summed E-state index contributed by atoms with van der Waals surface area (Å²) >= 11 is 11.4. The van der Waals surface area contributed by atoms with Crippen LogP contribution >= 0.6 is 23.2 Å². The van der Waals surface area contributed by atoms with Crippen LogP contribution in [0.5, 0.6) is 0 Å². The molecule has 33 heavy (non-hydrogen) atoms. The number of hydrogen-bond donors (Lipinski definition) is 5. The molecule has 0 saturated heterocycles. The van der Waals surface area contributed by atoms with E-state index in [0.29, 0.717) is 27.6 Å². The van der Waals surface area contributed by atoms with Gasteiger partial charge in [0.2, 0.25) is 17.8 Å². The molecule has 170 valence electrons. The number of carbonyl (C=O) groups excluding carboxylic acids is 1. The lowest BCUT2D eigenvalue weighted by atomic mass is 10.3. The third-order valence-electron chi connectivity index (χ3n) is 3.94. The van der Waals surface area contributed by atoms with Crippen LogP contribution in [0.25, 0.3) is 5.69 Å². The van der Waals surface area contributed by atoms with Crippen molar-refractivity contribution >= 4 is 58.1 Å². The smallest absolute Gasteiger partial charge is 0.248 e. The number of rotatable bonds is 5. The van der Waals surface area contributed by atoms with Crippen molar-refractivity contribution in [3.05, 3.63) is 71.2 Å². The van der Waals surface area contributed by atoms with Crippen molar-refractivity contribution in [2.75, 3.05) is 21.8 Å². The molecule has 3 aromatic heterocycles. The quantitative estimate of drug-likeness (QED) is 0.161. The molecular weight excluding hydrogens is 467 g/mol. The first kappa shape index (κ1) is 23.7. The summed E-state index contributed by atoms with van der Waals surface area (Å²) in [5.41, 5.74) is 11.2. The van der Waals surface area contributed by atoms with Crippen LogP contribution in [0, 0.1) is 0 Å². The van der Waals surface area contributed by atoms with Crippen molar-refractivity contribution in [2.45, 2.75) is 6.92 Å². The number of halogens is 2. The average molecular weight is 487 g/mol. The minimum atomic E-state index is -0.125. The van der Waals surface area contributed by atoms with Crippen LogP contribution in [0.4, 0.5) is 29.0 Å². The normalized spacial score (nSPS) is 10.1. The van der Waals surface area contributed by atoms with Gasteiger partial charge in [0, 0.05) is 36.8 Å². The topological polar surface area (TPSA) is 162 Å². The lowest BCUT2D eigenvalue weighted by molar-refractivity contribution is -0.114. The Morgan fingerprint density at radius 1 is 0.939 bits per heavy atom. The molecule has 0 atom stereocenters. The van der Waals surface area contributed by atoms with E-state index >= 15 is 0 Å². The van der Waals surface area contributed by atoms with E-state index in [4.69, 9.17) is 34.8 Å². The molecule has 1 aromatic carbocycles. The number of carbonyl (C=O) groups is 1. The second-order valence-corrected chi connectivity index (χ2v) is 7.21. The zero-order valence-electron chi connectivity index (χ0n) is 17.3. The fourth-order valence-corrected chi connectivity index (χ4v) is 2.89. The van der Waals surface area contributed by atoms with Crippen molar-refractivity contribution < 1.29 is 4.79 Å². The van der Waals surface area contributed by atoms with Gasteiger partial charge in [-0.3, -0.25) is 10.6 Å². The van der Waals surface area contributed by atoms with Gasteiger partial charge in [-0.05, 0) is 42.5 Å². The van der Waals surface area contributed by atoms with Gasteiger partial charge in [-0.2, -0.15) is 9.67 Å². The van der Waals surface area contributed by atoms with E-state index in [1.807, 2.05) is 0 Å². The van der Waals surface area contributed by atoms with Gasteiger partial charge < -0.3 is 21.8 Å². The maximum atomic E-state index is 11.0. The van der Waals surface area contributed by atoms with Gasteiger partial charge in [0.1, 0.15) is 10.3 Å². The van der Waals surface area contributed by atoms with Crippen LogP contribution < -0.4 is 27.6 Å². The summed E-state index contributed by atoms with van der Waals surface area (Å²) in [5.74, 6) is 5.51. The highest BCUT2D eigenvalue weighted by Crippen LogP contribution is 2.20. The van der Waals surface area contributed by atoms with Gasteiger partial charge in [0.05, 0.1) is 11.4 Å². The Balaban J connectivity index is 0.000000286. The van der Waals surface area contributed by atoms with Gasteiger partial charge in [-0.1, -0.05) is 23.2 Å². The van der Waals surface area contributed by atoms with Crippen molar-refractivity contribution in [3.63, 3.8) is 0 Å². The largest absolute Gasteiger partial charge is 0.368 e. The number of pyridine rings is 2. The molecule has 0 aliphatic carbocycles. The Bertz CT molecular complexity index is 1230. The van der Waals surface area contributed by atoms with Crippen LogP contribution in [0.15, 0.2) is 60.9 Å². The van der Waals surface area contributed by atoms with Crippen LogP contribution in [0.3, 0.4) is 0 Å². The molecule has 3 heterocycles. The molecule has 0 bridgehead atoms. The Labute approximate surface area is 199 Å². The summed E-state index contributed by atoms with van der Waals surface area (Å²) in [7, 11) is 0. The van der Waals surface area contributed by atoms with E-state index in [1.165, 1.54) is 11.6 Å². The lowest BCUT2D eigenvalue weighted by Gasteiger charge is -2.05. The van der Waals surface area contributed by atoms with Crippen LogP contribution in [0.2, 0.25) is 10.3 Å². The highest BCUT2D eigenvalue weighted by atomic mass is 35.5. The monoisotopic (exact) mass is 486 g/mol. The number of nitrogen functional groups attached to an aromatic ring is 2. The number of nitrogens with zero attached hydrogens (tertiary/aromatic N) is 5. The number of hydrazine groups is 1. The first-order valence-electron chi connectivity index (χ1n) is 9.41. The summed E-state index contributed by atoms with van der Waals surface area (Å²) in [4.78, 5) is 22.9. The molecule has 11 nitrogen and oxygen atoms in total. The Morgan fingerprint density at radius 3 is 2.15 bits per heavy atom. The molecule has 0 radical (unpaired) electrons. The molecule has 0 spiro atoms. The third-order valence-corrected chi connectivity index (χ3v) is 4.35. The Hall–Kier alpha value is -3.93. The van der Waals surface area contributed by atoms with Gasteiger partial charge in [-0.15, -0.1) is 5.10 Å². The second-order valence-electron chi connectivity index (χ2n) is 6.44. The molecule has 4 rings (SSSR count). The van der Waals surface area contributed by atoms with E-state index in [2.05, 4.69) is 36.1 Å². The molecular formula is C20H20Cl2N10O. The molecule has 0 aliphatic heterocycles. The predicted octanol–water partition coefficient (Wildman–Crippen LogP) is 3.62. The van der Waals surface area contributed by atoms with Gasteiger partial charge >= 0.3 is 0 Å². The fraction of sp³-hybridized carbons (Fsp3) is 0.0500. The molecule has 0 aliphatic rings. The maximum Gasteiger partial charge on any atom is 0.248 e. The van der Waals surface area contributed by atoms with Gasteiger partial charge in [0.15, 0.2) is 0 Å². The Morgan fingerprint density at radius 2 is 1.58 bits per heavy atom. The molecule has 0 unspecified atom stereocenters. The predicted molar refractivity (Wildman–Crippen MR) is 130 cm³/mol. The third kappa shape index (κ3) is 7.04. The molecule has 1 amide bonds. The molecule has 0 saturated carbocycles. The maximum absolute atomic E-state index is 11.0. The molecule has 7 N–H and O–H groups in total. The summed E-state index contributed by atoms with van der Waals surface area (Å²) in [6.07, 6.45) is 3.14. The Kier molecular flexibility index (Phi) is 7.97. The van der Waals surface area contributed by atoms with E-state index < -0.39 is 0 Å². The van der Waals surface area contributed by atoms with Crippen molar-refractivity contribution in [1.82, 2.24) is 24.7 Å². The van der Waals surface area contributed by atoms with Crippen molar-refractivity contribution in [2.24, 2.45) is 5.84 Å². The zero-order valence-corrected chi connectivity index (χ0v) is 18.8. The summed E-state index contributed by atoms with van der Waals surface area (Å²) in [6.45, 7) is 1.46. The zero-order chi connectivity index (χ0) is 23.8. The van der Waals surface area contributed by atoms with E-state index in [9.17, 15) is 4.79 Å². The highest BCUT2D eigenvalue weighted by Gasteiger charge is 2.10. The summed E-state index contributed by atoms with van der Waals surface area (Å²) in [6, 6.07) is 13.9. The van der Waals surface area contributed by atoms with Crippen LogP contribution in [0.1, 0.15) is 6.92 Å². The van der Waals surface area contributed by atoms with E-state index in [0.717, 1.165) is 11.4 Å².